The Hall–Kier alpha value is -2.67. The van der Waals surface area contributed by atoms with E-state index >= 15 is 0 Å². The van der Waals surface area contributed by atoms with E-state index in [1.807, 2.05) is 0 Å². The molecule has 1 aliphatic heterocycles. The summed E-state index contributed by atoms with van der Waals surface area (Å²) in [6.07, 6.45) is 3.12. The minimum absolute atomic E-state index is 0.0850. The molecule has 0 bridgehead atoms. The number of carboxylic acid groups (broad SMARTS) is 1. The molecule has 3 aromatic rings. The van der Waals surface area contributed by atoms with Crippen molar-refractivity contribution in [2.45, 2.75) is 10.9 Å². The first-order chi connectivity index (χ1) is 11.1. The van der Waals surface area contributed by atoms with Crippen LogP contribution in [0.1, 0.15) is 10.4 Å². The van der Waals surface area contributed by atoms with Gasteiger partial charge in [-0.15, -0.1) is 0 Å². The number of thioether (sulfide) groups is 1. The second-order valence-electron chi connectivity index (χ2n) is 5.10. The molecule has 0 spiro atoms. The first kappa shape index (κ1) is 14.0. The Morgan fingerprint density at radius 2 is 2.04 bits per heavy atom. The minimum Gasteiger partial charge on any atom is -0.477 e. The zero-order chi connectivity index (χ0) is 16.1. The summed E-state index contributed by atoms with van der Waals surface area (Å²) in [5.41, 5.74) is 0.613. The van der Waals surface area contributed by atoms with Crippen molar-refractivity contribution in [3.63, 3.8) is 0 Å². The lowest BCUT2D eigenvalue weighted by atomic mass is 10.0. The largest absolute Gasteiger partial charge is 0.477 e. The third-order valence-electron chi connectivity index (χ3n) is 3.84. The highest BCUT2D eigenvalue weighted by Gasteiger charge is 2.28. The number of nitrogens with zero attached hydrogens (tertiary/aromatic N) is 2. The molecule has 0 radical (unpaired) electrons. The van der Waals surface area contributed by atoms with E-state index in [1.54, 1.807) is 35.2 Å². The summed E-state index contributed by atoms with van der Waals surface area (Å²) in [7, 11) is 0. The van der Waals surface area contributed by atoms with Crippen LogP contribution >= 0.6 is 11.8 Å². The first-order valence-electron chi connectivity index (χ1n) is 6.74. The SMILES string of the molecule is O=C(O)c1c2n(c3cc(-c4ccncc4)c(F)cc3c1=O)CS2. The van der Waals surface area contributed by atoms with Crippen LogP contribution in [-0.4, -0.2) is 20.6 Å². The normalized spacial score (nSPS) is 12.7. The smallest absolute Gasteiger partial charge is 0.342 e. The van der Waals surface area contributed by atoms with Crippen LogP contribution < -0.4 is 5.43 Å². The number of pyridine rings is 2. The lowest BCUT2D eigenvalue weighted by molar-refractivity contribution is 0.0689. The molecule has 0 unspecified atom stereocenters. The van der Waals surface area contributed by atoms with Crippen LogP contribution in [0.5, 0.6) is 0 Å². The summed E-state index contributed by atoms with van der Waals surface area (Å²) in [4.78, 5) is 27.6. The highest BCUT2D eigenvalue weighted by Crippen LogP contribution is 2.37. The Morgan fingerprint density at radius 3 is 2.65 bits per heavy atom. The van der Waals surface area contributed by atoms with Gasteiger partial charge in [-0.25, -0.2) is 9.18 Å². The summed E-state index contributed by atoms with van der Waals surface area (Å²) >= 11 is 1.30. The number of hydrogen-bond acceptors (Lipinski definition) is 4. The van der Waals surface area contributed by atoms with Crippen LogP contribution in [0.3, 0.4) is 0 Å². The molecule has 0 saturated heterocycles. The molecule has 3 heterocycles. The van der Waals surface area contributed by atoms with Crippen molar-refractivity contribution in [1.82, 2.24) is 9.55 Å². The Balaban J connectivity index is 2.09. The summed E-state index contributed by atoms with van der Waals surface area (Å²) in [6.45, 7) is 0. The summed E-state index contributed by atoms with van der Waals surface area (Å²) in [5.74, 6) is -1.32. The number of carboxylic acids is 1. The molecule has 7 heteroatoms. The zero-order valence-electron chi connectivity index (χ0n) is 11.6. The Morgan fingerprint density at radius 1 is 1.30 bits per heavy atom. The molecule has 1 N–H and O–H groups in total. The quantitative estimate of drug-likeness (QED) is 0.783. The van der Waals surface area contributed by atoms with E-state index in [4.69, 9.17) is 0 Å². The number of carbonyl (C=O) groups is 1. The second kappa shape index (κ2) is 4.92. The van der Waals surface area contributed by atoms with Crippen molar-refractivity contribution in [2.75, 3.05) is 0 Å². The van der Waals surface area contributed by atoms with Crippen LogP contribution in [0.25, 0.3) is 22.0 Å². The summed E-state index contributed by atoms with van der Waals surface area (Å²) < 4.78 is 16.2. The van der Waals surface area contributed by atoms with Gasteiger partial charge in [-0.1, -0.05) is 11.8 Å². The maximum Gasteiger partial charge on any atom is 0.342 e. The predicted octanol–water partition coefficient (Wildman–Crippen LogP) is 2.96. The Bertz CT molecular complexity index is 1030. The van der Waals surface area contributed by atoms with Crippen molar-refractivity contribution < 1.29 is 14.3 Å². The van der Waals surface area contributed by atoms with Crippen molar-refractivity contribution in [1.29, 1.82) is 0 Å². The number of rotatable bonds is 2. The fourth-order valence-corrected chi connectivity index (χ4v) is 3.67. The molecule has 114 valence electrons. The van der Waals surface area contributed by atoms with Gasteiger partial charge in [0.1, 0.15) is 11.4 Å². The van der Waals surface area contributed by atoms with Crippen molar-refractivity contribution >= 4 is 28.6 Å². The molecular weight excluding hydrogens is 319 g/mol. The molecule has 0 aliphatic carbocycles. The molecular formula is C16H9FN2O3S. The van der Waals surface area contributed by atoms with Crippen molar-refractivity contribution in [2.24, 2.45) is 0 Å². The first-order valence-corrected chi connectivity index (χ1v) is 7.73. The third kappa shape index (κ3) is 1.97. The predicted molar refractivity (Wildman–Crippen MR) is 84.2 cm³/mol. The maximum absolute atomic E-state index is 14.4. The monoisotopic (exact) mass is 328 g/mol. The summed E-state index contributed by atoms with van der Waals surface area (Å²) in [6, 6.07) is 6.08. The summed E-state index contributed by atoms with van der Waals surface area (Å²) in [5, 5.41) is 9.74. The van der Waals surface area contributed by atoms with Gasteiger partial charge in [-0.3, -0.25) is 9.78 Å². The van der Waals surface area contributed by atoms with Crippen LogP contribution in [-0.2, 0) is 5.88 Å². The number of fused-ring (bicyclic) bond motifs is 3. The molecule has 5 nitrogen and oxygen atoms in total. The minimum atomic E-state index is -1.29. The highest BCUT2D eigenvalue weighted by atomic mass is 32.2. The molecule has 2 aromatic heterocycles. The van der Waals surface area contributed by atoms with E-state index in [0.29, 0.717) is 27.5 Å². The molecule has 1 aromatic carbocycles. The maximum atomic E-state index is 14.4. The zero-order valence-corrected chi connectivity index (χ0v) is 12.4. The van der Waals surface area contributed by atoms with E-state index in [9.17, 15) is 19.1 Å². The van der Waals surface area contributed by atoms with E-state index in [0.717, 1.165) is 6.07 Å². The number of hydrogen-bond donors (Lipinski definition) is 1. The van der Waals surface area contributed by atoms with Gasteiger partial charge in [0.2, 0.25) is 5.43 Å². The number of benzene rings is 1. The molecule has 0 amide bonds. The van der Waals surface area contributed by atoms with Crippen LogP contribution in [0, 0.1) is 5.82 Å². The van der Waals surface area contributed by atoms with E-state index in [1.165, 1.54) is 11.8 Å². The topological polar surface area (TPSA) is 72.2 Å². The molecule has 23 heavy (non-hydrogen) atoms. The van der Waals surface area contributed by atoms with Crippen molar-refractivity contribution in [3.8, 4) is 11.1 Å². The van der Waals surface area contributed by atoms with E-state index in [2.05, 4.69) is 4.98 Å². The van der Waals surface area contributed by atoms with Gasteiger partial charge in [0, 0.05) is 23.3 Å². The van der Waals surface area contributed by atoms with E-state index < -0.39 is 17.2 Å². The Labute approximate surface area is 133 Å². The van der Waals surface area contributed by atoms with Gasteiger partial charge in [0.15, 0.2) is 0 Å². The number of halogens is 1. The highest BCUT2D eigenvalue weighted by molar-refractivity contribution is 7.99. The lowest BCUT2D eigenvalue weighted by Crippen LogP contribution is -2.26. The standard InChI is InChI=1S/C16H9FN2O3S/c17-11-5-10-12(6-9(11)8-1-3-18-4-2-8)19-7-23-15(19)13(14(10)20)16(21)22/h1-6H,7H2,(H,21,22). The molecule has 0 atom stereocenters. The lowest BCUT2D eigenvalue weighted by Gasteiger charge is -2.26. The van der Waals surface area contributed by atoms with Gasteiger partial charge in [-0.05, 0) is 29.8 Å². The van der Waals surface area contributed by atoms with Gasteiger partial charge < -0.3 is 9.67 Å². The van der Waals surface area contributed by atoms with Crippen LogP contribution in [0.15, 0.2) is 46.5 Å². The van der Waals surface area contributed by atoms with Gasteiger partial charge in [-0.2, -0.15) is 0 Å². The second-order valence-corrected chi connectivity index (χ2v) is 6.03. The van der Waals surface area contributed by atoms with Gasteiger partial charge in [0.05, 0.1) is 16.4 Å². The van der Waals surface area contributed by atoms with Crippen LogP contribution in [0.2, 0.25) is 0 Å². The third-order valence-corrected chi connectivity index (χ3v) is 4.93. The Kier molecular flexibility index (Phi) is 2.99. The molecule has 4 rings (SSSR count). The molecule has 0 fully saturated rings. The fraction of sp³-hybridized carbons (Fsp3) is 0.0625. The van der Waals surface area contributed by atoms with E-state index in [-0.39, 0.29) is 10.9 Å². The fourth-order valence-electron chi connectivity index (χ4n) is 2.72. The molecule has 0 saturated carbocycles. The number of aromatic carboxylic acids is 1. The number of aromatic nitrogens is 2. The average molecular weight is 328 g/mol. The van der Waals surface area contributed by atoms with Gasteiger partial charge >= 0.3 is 5.97 Å². The molecule has 1 aliphatic rings. The average Bonchev–Trinajstić information content (AvgIpc) is 2.51. The van der Waals surface area contributed by atoms with Gasteiger partial charge in [0.25, 0.3) is 0 Å². The van der Waals surface area contributed by atoms with Crippen molar-refractivity contribution in [3.05, 3.63) is 58.3 Å². The van der Waals surface area contributed by atoms with Crippen LogP contribution in [0.4, 0.5) is 4.39 Å².